The summed E-state index contributed by atoms with van der Waals surface area (Å²) in [6, 6.07) is 17.7. The molecule has 2 saturated heterocycles. The van der Waals surface area contributed by atoms with Crippen LogP contribution < -0.4 is 10.4 Å². The Labute approximate surface area is 264 Å². The molecule has 3 aromatic carbocycles. The lowest BCUT2D eigenvalue weighted by molar-refractivity contribution is -0.122. The van der Waals surface area contributed by atoms with Gasteiger partial charge in [0.2, 0.25) is 11.8 Å². The maximum Gasteiger partial charge on any atom is 0.488 e. The second kappa shape index (κ2) is 12.6. The summed E-state index contributed by atoms with van der Waals surface area (Å²) in [6.45, 7) is 6.31. The van der Waals surface area contributed by atoms with Crippen molar-refractivity contribution < 1.29 is 34.4 Å². The second-order valence-electron chi connectivity index (χ2n) is 12.8. The highest BCUT2D eigenvalue weighted by molar-refractivity contribution is 6.58. The lowest BCUT2D eigenvalue weighted by Crippen LogP contribution is -2.46. The smallest absolute Gasteiger partial charge is 0.488 e. The van der Waals surface area contributed by atoms with E-state index in [0.717, 1.165) is 33.9 Å². The van der Waals surface area contributed by atoms with Crippen LogP contribution in [0.15, 0.2) is 77.4 Å². The van der Waals surface area contributed by atoms with Gasteiger partial charge in [-0.1, -0.05) is 80.5 Å². The largest absolute Gasteiger partial charge is 0.507 e. The van der Waals surface area contributed by atoms with Gasteiger partial charge in [-0.05, 0) is 84.0 Å². The Morgan fingerprint density at radius 3 is 2.51 bits per heavy atom. The van der Waals surface area contributed by atoms with Gasteiger partial charge in [-0.15, -0.1) is 0 Å². The summed E-state index contributed by atoms with van der Waals surface area (Å²) < 4.78 is 6.20. The molecule has 6 rings (SSSR count). The molecule has 2 fully saturated rings. The Hall–Kier alpha value is -3.69. The van der Waals surface area contributed by atoms with Crippen molar-refractivity contribution in [2.45, 2.75) is 58.9 Å². The Morgan fingerprint density at radius 2 is 1.80 bits per heavy atom. The van der Waals surface area contributed by atoms with Gasteiger partial charge in [-0.3, -0.25) is 14.5 Å². The summed E-state index contributed by atoms with van der Waals surface area (Å²) in [4.78, 5) is 29.0. The zero-order chi connectivity index (χ0) is 32.0. The molecule has 4 N–H and O–H groups in total. The first kappa shape index (κ1) is 31.3. The fourth-order valence-corrected chi connectivity index (χ4v) is 7.65. The highest BCUT2D eigenvalue weighted by Gasteiger charge is 2.57. The monoisotopic (exact) mass is 607 g/mol. The summed E-state index contributed by atoms with van der Waals surface area (Å²) in [6.07, 6.45) is 4.61. The van der Waals surface area contributed by atoms with Crippen LogP contribution in [0.3, 0.4) is 0 Å². The van der Waals surface area contributed by atoms with Crippen molar-refractivity contribution in [3.63, 3.8) is 0 Å². The molecule has 4 atom stereocenters. The number of phenolic OH excluding ortho intramolecular Hbond substituents is 1. The molecular formula is C35H39B2NO7. The third-order valence-electron chi connectivity index (χ3n) is 9.84. The van der Waals surface area contributed by atoms with Crippen LogP contribution >= 0.6 is 0 Å². The van der Waals surface area contributed by atoms with E-state index in [4.69, 9.17) is 4.65 Å². The molecule has 232 valence electrons. The lowest BCUT2D eigenvalue weighted by atomic mass is 9.57. The number of imide groups is 1. The molecule has 3 aliphatic rings. The molecular weight excluding hydrogens is 568 g/mol. The number of amides is 2. The Morgan fingerprint density at radius 1 is 1.04 bits per heavy atom. The number of benzene rings is 3. The molecule has 3 aromatic rings. The Balaban J connectivity index is 1.31. The molecule has 0 spiro atoms. The molecule has 2 amide bonds. The van der Waals surface area contributed by atoms with Crippen LogP contribution in [0.25, 0.3) is 16.8 Å². The highest BCUT2D eigenvalue weighted by Crippen LogP contribution is 2.52. The van der Waals surface area contributed by atoms with Gasteiger partial charge >= 0.3 is 14.2 Å². The van der Waals surface area contributed by atoms with E-state index in [0.29, 0.717) is 24.9 Å². The number of carbonyl (C=O) groups excluding carboxylic acids is 2. The average Bonchev–Trinajstić information content (AvgIpc) is 3.28. The number of allylic oxidation sites excluding steroid dienone is 2. The maximum atomic E-state index is 14.0. The number of fused-ring (bicyclic) bond motifs is 4. The lowest BCUT2D eigenvalue weighted by Gasteiger charge is -2.44. The minimum atomic E-state index is -1.72. The standard InChI is InChI=1S/C35H39B2NO7/c1-4-21(16-22-13-14-30(39)26-11-6-5-10-25(22)26)12-15-31-32-27(20(2)3)18-28-33(29(32)19-36(42)45-31)35(41)38(34(28)40)24-9-7-8-23(17-24)37(43)44/h5-11,13-14,16-17,20,28-29,31,33,39,42-44H,4,12,15,18-19H2,1-3H3/b21-16+/t28-,29+,31-,33-/m1/s1. The van der Waals surface area contributed by atoms with E-state index in [9.17, 15) is 29.8 Å². The first-order valence-electron chi connectivity index (χ1n) is 15.9. The number of aromatic hydroxyl groups is 1. The number of hydrogen-bond donors (Lipinski definition) is 4. The van der Waals surface area contributed by atoms with Crippen LogP contribution in [0.5, 0.6) is 5.75 Å². The summed E-state index contributed by atoms with van der Waals surface area (Å²) in [7, 11) is -2.78. The van der Waals surface area contributed by atoms with Gasteiger partial charge < -0.3 is 24.8 Å². The number of rotatable bonds is 8. The van der Waals surface area contributed by atoms with Crippen molar-refractivity contribution >= 4 is 54.0 Å². The van der Waals surface area contributed by atoms with E-state index in [1.54, 1.807) is 18.2 Å². The molecule has 0 unspecified atom stereocenters. The van der Waals surface area contributed by atoms with Crippen LogP contribution in [0.4, 0.5) is 5.69 Å². The topological polar surface area (TPSA) is 128 Å². The molecule has 0 aromatic heterocycles. The third kappa shape index (κ3) is 5.76. The van der Waals surface area contributed by atoms with E-state index in [-0.39, 0.29) is 41.2 Å². The van der Waals surface area contributed by atoms with Crippen molar-refractivity contribution in [1.29, 1.82) is 0 Å². The van der Waals surface area contributed by atoms with E-state index >= 15 is 0 Å². The molecule has 8 nitrogen and oxygen atoms in total. The molecule has 10 heteroatoms. The fraction of sp³-hybridized carbons (Fsp3) is 0.371. The summed E-state index contributed by atoms with van der Waals surface area (Å²) in [5.74, 6) is -1.74. The van der Waals surface area contributed by atoms with E-state index in [1.807, 2.05) is 30.3 Å². The van der Waals surface area contributed by atoms with Crippen LogP contribution in [0.1, 0.15) is 52.0 Å². The number of nitrogens with zero attached hydrogens (tertiary/aromatic N) is 1. The minimum absolute atomic E-state index is 0.124. The van der Waals surface area contributed by atoms with Gasteiger partial charge in [-0.2, -0.15) is 0 Å². The highest BCUT2D eigenvalue weighted by atomic mass is 16.5. The van der Waals surface area contributed by atoms with Gasteiger partial charge in [0.1, 0.15) is 5.75 Å². The number of carbonyl (C=O) groups is 2. The summed E-state index contributed by atoms with van der Waals surface area (Å²) >= 11 is 0. The van der Waals surface area contributed by atoms with Gasteiger partial charge in [0.05, 0.1) is 23.6 Å². The van der Waals surface area contributed by atoms with Crippen molar-refractivity contribution in [1.82, 2.24) is 0 Å². The van der Waals surface area contributed by atoms with Gasteiger partial charge in [-0.25, -0.2) is 0 Å². The SMILES string of the molecule is CC/C(=C\c1ccc(O)c2ccccc12)CC[C@H]1OB(O)C[C@H]2C1=C(C(C)C)C[C@H]1C(=O)N(c3cccc(B(O)O)c3)C(=O)[C@H]12. The minimum Gasteiger partial charge on any atom is -0.507 e. The summed E-state index contributed by atoms with van der Waals surface area (Å²) in [5, 5.41) is 42.5. The Kier molecular flexibility index (Phi) is 8.76. The number of phenols is 1. The predicted molar refractivity (Wildman–Crippen MR) is 176 cm³/mol. The molecule has 2 aliphatic heterocycles. The summed E-state index contributed by atoms with van der Waals surface area (Å²) in [5.41, 5.74) is 4.92. The van der Waals surface area contributed by atoms with E-state index in [1.165, 1.54) is 22.6 Å². The molecule has 0 bridgehead atoms. The average molecular weight is 607 g/mol. The van der Waals surface area contributed by atoms with E-state index < -0.39 is 32.2 Å². The van der Waals surface area contributed by atoms with Crippen molar-refractivity contribution in [3.8, 4) is 5.75 Å². The van der Waals surface area contributed by atoms with Gasteiger partial charge in [0.25, 0.3) is 0 Å². The van der Waals surface area contributed by atoms with Crippen molar-refractivity contribution in [2.75, 3.05) is 4.90 Å². The maximum absolute atomic E-state index is 14.0. The number of anilines is 1. The van der Waals surface area contributed by atoms with Gasteiger partial charge in [0, 0.05) is 5.39 Å². The molecule has 2 heterocycles. The molecule has 45 heavy (non-hydrogen) atoms. The van der Waals surface area contributed by atoms with Crippen LogP contribution in [0, 0.1) is 23.7 Å². The quantitative estimate of drug-likeness (QED) is 0.169. The predicted octanol–water partition coefficient (Wildman–Crippen LogP) is 4.46. The normalized spacial score (nSPS) is 23.7. The van der Waals surface area contributed by atoms with Crippen LogP contribution in [-0.2, 0) is 14.2 Å². The second-order valence-corrected chi connectivity index (χ2v) is 12.8. The van der Waals surface area contributed by atoms with Crippen LogP contribution in [0.2, 0.25) is 6.32 Å². The third-order valence-corrected chi connectivity index (χ3v) is 9.84. The zero-order valence-electron chi connectivity index (χ0n) is 25.9. The molecule has 0 saturated carbocycles. The first-order chi connectivity index (χ1) is 21.6. The molecule has 0 radical (unpaired) electrons. The van der Waals surface area contributed by atoms with Crippen molar-refractivity contribution in [3.05, 3.63) is 82.9 Å². The molecule has 1 aliphatic carbocycles. The number of hydrogen-bond acceptors (Lipinski definition) is 7. The van der Waals surface area contributed by atoms with E-state index in [2.05, 4.69) is 26.8 Å². The zero-order valence-corrected chi connectivity index (χ0v) is 25.9. The van der Waals surface area contributed by atoms with Gasteiger partial charge in [0.15, 0.2) is 0 Å². The van der Waals surface area contributed by atoms with Crippen molar-refractivity contribution in [2.24, 2.45) is 23.7 Å². The Bertz CT molecular complexity index is 1700. The fourth-order valence-electron chi connectivity index (χ4n) is 7.65. The first-order valence-corrected chi connectivity index (χ1v) is 15.9. The van der Waals surface area contributed by atoms with Crippen LogP contribution in [-0.4, -0.2) is 52.3 Å².